The molecule has 1 unspecified atom stereocenters. The first-order chi connectivity index (χ1) is 9.97. The Kier molecular flexibility index (Phi) is 4.77. The topological polar surface area (TPSA) is 52.9 Å². The van der Waals surface area contributed by atoms with Crippen LogP contribution in [0.1, 0.15) is 54.2 Å². The van der Waals surface area contributed by atoms with E-state index in [9.17, 15) is 10.1 Å². The van der Waals surface area contributed by atoms with E-state index in [1.54, 1.807) is 7.05 Å². The first kappa shape index (κ1) is 18.2. The van der Waals surface area contributed by atoms with Crippen LogP contribution in [0.15, 0.2) is 0 Å². The summed E-state index contributed by atoms with van der Waals surface area (Å²) in [5, 5.41) is 12.7. The molecule has 3 nitrogen and oxygen atoms in total. The summed E-state index contributed by atoms with van der Waals surface area (Å²) in [4.78, 5) is 12.4. The number of nitriles is 1. The number of hydrogen-bond donors (Lipinski definition) is 1. The SMILES string of the molecule is CNC(=O)C(C)(C)C(C)(C#N)c1c(C)c(C)c(C)c(C)c1C. The van der Waals surface area contributed by atoms with Gasteiger partial charge in [0.1, 0.15) is 0 Å². The quantitative estimate of drug-likeness (QED) is 0.923. The number of hydrogen-bond acceptors (Lipinski definition) is 2. The average molecular weight is 300 g/mol. The molecule has 0 saturated heterocycles. The smallest absolute Gasteiger partial charge is 0.227 e. The summed E-state index contributed by atoms with van der Waals surface area (Å²) in [5.41, 5.74) is 5.15. The van der Waals surface area contributed by atoms with E-state index >= 15 is 0 Å². The average Bonchev–Trinajstić information content (AvgIpc) is 2.49. The van der Waals surface area contributed by atoms with Crippen molar-refractivity contribution in [3.8, 4) is 6.07 Å². The van der Waals surface area contributed by atoms with Gasteiger partial charge in [0, 0.05) is 7.05 Å². The zero-order valence-electron chi connectivity index (χ0n) is 15.4. The molecule has 0 radical (unpaired) electrons. The fraction of sp³-hybridized carbons (Fsp3) is 0.579. The Bertz CT molecular complexity index is 636. The lowest BCUT2D eigenvalue weighted by Crippen LogP contribution is -2.49. The number of carbonyl (C=O) groups is 1. The Hall–Kier alpha value is -1.82. The van der Waals surface area contributed by atoms with Gasteiger partial charge in [-0.2, -0.15) is 5.26 Å². The van der Waals surface area contributed by atoms with Crippen LogP contribution < -0.4 is 5.32 Å². The standard InChI is InChI=1S/C19H28N2O/c1-11-12(2)14(4)16(15(5)13(11)3)19(8,10-20)18(6,7)17(22)21-9/h1-9H3,(H,21,22). The molecule has 0 bridgehead atoms. The molecule has 22 heavy (non-hydrogen) atoms. The summed E-state index contributed by atoms with van der Waals surface area (Å²) < 4.78 is 0. The molecule has 1 aromatic carbocycles. The second-order valence-corrected chi connectivity index (χ2v) is 6.94. The van der Waals surface area contributed by atoms with Gasteiger partial charge in [-0.3, -0.25) is 4.79 Å². The number of carbonyl (C=O) groups excluding carboxylic acids is 1. The minimum absolute atomic E-state index is 0.119. The predicted molar refractivity (Wildman–Crippen MR) is 90.9 cm³/mol. The summed E-state index contributed by atoms with van der Waals surface area (Å²) in [6, 6.07) is 2.44. The molecule has 1 N–H and O–H groups in total. The van der Waals surface area contributed by atoms with E-state index in [1.165, 1.54) is 16.7 Å². The highest BCUT2D eigenvalue weighted by Gasteiger charge is 2.49. The van der Waals surface area contributed by atoms with Crippen molar-refractivity contribution in [2.24, 2.45) is 5.41 Å². The Morgan fingerprint density at radius 1 is 0.909 bits per heavy atom. The van der Waals surface area contributed by atoms with Gasteiger partial charge in [-0.25, -0.2) is 0 Å². The molecule has 3 heteroatoms. The van der Waals surface area contributed by atoms with Gasteiger partial charge in [-0.05, 0) is 88.8 Å². The highest BCUT2D eigenvalue weighted by atomic mass is 16.2. The highest BCUT2D eigenvalue weighted by molar-refractivity contribution is 5.84. The largest absolute Gasteiger partial charge is 0.359 e. The van der Waals surface area contributed by atoms with Gasteiger partial charge in [0.25, 0.3) is 0 Å². The van der Waals surface area contributed by atoms with Crippen molar-refractivity contribution in [2.45, 2.75) is 60.8 Å². The van der Waals surface area contributed by atoms with Crippen molar-refractivity contribution in [1.29, 1.82) is 5.26 Å². The second-order valence-electron chi connectivity index (χ2n) is 6.94. The number of nitrogens with zero attached hydrogens (tertiary/aromatic N) is 1. The monoisotopic (exact) mass is 300 g/mol. The molecule has 0 aliphatic carbocycles. The Balaban J connectivity index is 3.86. The lowest BCUT2D eigenvalue weighted by molar-refractivity contribution is -0.131. The van der Waals surface area contributed by atoms with Crippen LogP contribution in [0.5, 0.6) is 0 Å². The summed E-state index contributed by atoms with van der Waals surface area (Å²) in [6.07, 6.45) is 0. The van der Waals surface area contributed by atoms with E-state index in [1.807, 2.05) is 20.8 Å². The van der Waals surface area contributed by atoms with Crippen LogP contribution in [0, 0.1) is 51.4 Å². The molecule has 1 amide bonds. The molecule has 0 aliphatic heterocycles. The van der Waals surface area contributed by atoms with Crippen molar-refractivity contribution in [1.82, 2.24) is 5.32 Å². The van der Waals surface area contributed by atoms with Crippen LogP contribution in [0.4, 0.5) is 0 Å². The van der Waals surface area contributed by atoms with Crippen LogP contribution in [-0.4, -0.2) is 13.0 Å². The molecule has 0 aliphatic rings. The molecule has 0 spiro atoms. The van der Waals surface area contributed by atoms with Gasteiger partial charge < -0.3 is 5.32 Å². The molecule has 1 rings (SSSR count). The minimum Gasteiger partial charge on any atom is -0.359 e. The number of rotatable bonds is 3. The van der Waals surface area contributed by atoms with E-state index in [4.69, 9.17) is 0 Å². The third kappa shape index (κ3) is 2.31. The molecule has 0 heterocycles. The van der Waals surface area contributed by atoms with Crippen LogP contribution in [-0.2, 0) is 10.2 Å². The zero-order chi connectivity index (χ0) is 17.5. The summed E-state index contributed by atoms with van der Waals surface area (Å²) >= 11 is 0. The highest BCUT2D eigenvalue weighted by Crippen LogP contribution is 2.45. The molecule has 120 valence electrons. The molecule has 0 fully saturated rings. The van der Waals surface area contributed by atoms with Crippen LogP contribution >= 0.6 is 0 Å². The van der Waals surface area contributed by atoms with E-state index in [0.717, 1.165) is 16.7 Å². The maximum absolute atomic E-state index is 12.4. The maximum Gasteiger partial charge on any atom is 0.227 e. The van der Waals surface area contributed by atoms with E-state index in [0.29, 0.717) is 0 Å². The van der Waals surface area contributed by atoms with Crippen molar-refractivity contribution in [3.05, 3.63) is 33.4 Å². The lowest BCUT2D eigenvalue weighted by Gasteiger charge is -2.40. The third-order valence-electron chi connectivity index (χ3n) is 5.77. The first-order valence-electron chi connectivity index (χ1n) is 7.68. The van der Waals surface area contributed by atoms with Crippen molar-refractivity contribution < 1.29 is 4.79 Å². The normalized spacial score (nSPS) is 14.2. The summed E-state index contributed by atoms with van der Waals surface area (Å²) in [5.74, 6) is -0.119. The molecule has 0 aromatic heterocycles. The van der Waals surface area contributed by atoms with Gasteiger partial charge in [0.15, 0.2) is 0 Å². The molecule has 0 saturated carbocycles. The molecule has 1 atom stereocenters. The van der Waals surface area contributed by atoms with Gasteiger partial charge in [-0.1, -0.05) is 0 Å². The predicted octanol–water partition coefficient (Wildman–Crippen LogP) is 3.78. The fourth-order valence-electron chi connectivity index (χ4n) is 3.30. The lowest BCUT2D eigenvalue weighted by atomic mass is 9.60. The van der Waals surface area contributed by atoms with Crippen LogP contribution in [0.2, 0.25) is 0 Å². The van der Waals surface area contributed by atoms with Crippen molar-refractivity contribution in [3.63, 3.8) is 0 Å². The van der Waals surface area contributed by atoms with Crippen LogP contribution in [0.25, 0.3) is 0 Å². The Morgan fingerprint density at radius 3 is 1.59 bits per heavy atom. The fourth-order valence-corrected chi connectivity index (χ4v) is 3.30. The number of amides is 1. The van der Waals surface area contributed by atoms with Crippen LogP contribution in [0.3, 0.4) is 0 Å². The number of nitrogens with one attached hydrogen (secondary N) is 1. The molecule has 1 aromatic rings. The number of benzene rings is 1. The van der Waals surface area contributed by atoms with E-state index in [2.05, 4.69) is 46.0 Å². The van der Waals surface area contributed by atoms with Gasteiger partial charge >= 0.3 is 0 Å². The van der Waals surface area contributed by atoms with E-state index in [-0.39, 0.29) is 5.91 Å². The van der Waals surface area contributed by atoms with Gasteiger partial charge in [0.2, 0.25) is 5.91 Å². The third-order valence-corrected chi connectivity index (χ3v) is 5.77. The Labute approximate surface area is 134 Å². The summed E-state index contributed by atoms with van der Waals surface area (Å²) in [7, 11) is 1.62. The minimum atomic E-state index is -0.898. The maximum atomic E-state index is 12.4. The molecular formula is C19H28N2O. The van der Waals surface area contributed by atoms with E-state index < -0.39 is 10.8 Å². The van der Waals surface area contributed by atoms with Crippen molar-refractivity contribution >= 4 is 5.91 Å². The zero-order valence-corrected chi connectivity index (χ0v) is 15.4. The van der Waals surface area contributed by atoms with Gasteiger partial charge in [-0.15, -0.1) is 0 Å². The Morgan fingerprint density at radius 2 is 1.27 bits per heavy atom. The first-order valence-corrected chi connectivity index (χ1v) is 7.68. The molecular weight excluding hydrogens is 272 g/mol. The summed E-state index contributed by atoms with van der Waals surface area (Å²) in [6.45, 7) is 16.0. The second kappa shape index (κ2) is 5.76. The van der Waals surface area contributed by atoms with Crippen molar-refractivity contribution in [2.75, 3.05) is 7.05 Å². The van der Waals surface area contributed by atoms with Gasteiger partial charge in [0.05, 0.1) is 16.9 Å².